The number of nitrogens with zero attached hydrogens (tertiary/aromatic N) is 1. The van der Waals surface area contributed by atoms with Crippen molar-refractivity contribution >= 4 is 5.69 Å². The van der Waals surface area contributed by atoms with E-state index < -0.39 is 0 Å². The molecular weight excluding hydrogens is 236 g/mol. The second-order valence-corrected chi connectivity index (χ2v) is 6.26. The maximum atomic E-state index is 9.57. The van der Waals surface area contributed by atoms with E-state index >= 15 is 0 Å². The van der Waals surface area contributed by atoms with Crippen molar-refractivity contribution in [2.75, 3.05) is 18.9 Å². The number of likely N-dealkylation sites (tertiary alicyclic amines) is 1. The van der Waals surface area contributed by atoms with Gasteiger partial charge in [-0.05, 0) is 57.4 Å². The second kappa shape index (κ2) is 5.93. The number of hydrogen-bond donors (Lipinski definition) is 2. The molecule has 1 aliphatic heterocycles. The summed E-state index contributed by atoms with van der Waals surface area (Å²) in [5.74, 6) is 0. The van der Waals surface area contributed by atoms with Gasteiger partial charge in [0.2, 0.25) is 0 Å². The van der Waals surface area contributed by atoms with Crippen LogP contribution in [0.4, 0.5) is 5.69 Å². The number of nitrogen functional groups attached to an aromatic ring is 1. The van der Waals surface area contributed by atoms with Gasteiger partial charge >= 0.3 is 0 Å². The number of hydrogen-bond acceptors (Lipinski definition) is 3. The predicted octanol–water partition coefficient (Wildman–Crippen LogP) is 2.44. The maximum absolute atomic E-state index is 9.57. The summed E-state index contributed by atoms with van der Waals surface area (Å²) in [4.78, 5) is 2.48. The summed E-state index contributed by atoms with van der Waals surface area (Å²) in [6.45, 7) is 5.91. The van der Waals surface area contributed by atoms with Crippen molar-refractivity contribution in [3.63, 3.8) is 0 Å². The SMILES string of the molecule is CC(C)(Cc1ccc(N)cc1)N1CCCCC1CO. The van der Waals surface area contributed by atoms with Crippen molar-refractivity contribution < 1.29 is 5.11 Å². The molecule has 19 heavy (non-hydrogen) atoms. The average molecular weight is 262 g/mol. The van der Waals surface area contributed by atoms with Gasteiger partial charge in [0.25, 0.3) is 0 Å². The van der Waals surface area contributed by atoms with E-state index in [1.54, 1.807) is 0 Å². The van der Waals surface area contributed by atoms with E-state index in [0.29, 0.717) is 6.04 Å². The highest BCUT2D eigenvalue weighted by Crippen LogP contribution is 2.28. The molecule has 1 saturated heterocycles. The Labute approximate surface area is 116 Å². The second-order valence-electron chi connectivity index (χ2n) is 6.26. The molecule has 0 aromatic heterocycles. The first kappa shape index (κ1) is 14.4. The Morgan fingerprint density at radius 1 is 1.26 bits per heavy atom. The van der Waals surface area contributed by atoms with Crippen LogP contribution >= 0.6 is 0 Å². The van der Waals surface area contributed by atoms with Gasteiger partial charge in [0.05, 0.1) is 6.61 Å². The van der Waals surface area contributed by atoms with Gasteiger partial charge in [-0.3, -0.25) is 4.90 Å². The highest BCUT2D eigenvalue weighted by Gasteiger charge is 2.33. The van der Waals surface area contributed by atoms with E-state index in [-0.39, 0.29) is 12.1 Å². The van der Waals surface area contributed by atoms with Gasteiger partial charge in [-0.1, -0.05) is 18.6 Å². The van der Waals surface area contributed by atoms with Crippen molar-refractivity contribution in [3.05, 3.63) is 29.8 Å². The summed E-state index contributed by atoms with van der Waals surface area (Å²) >= 11 is 0. The van der Waals surface area contributed by atoms with Crippen LogP contribution in [0, 0.1) is 0 Å². The fourth-order valence-corrected chi connectivity index (χ4v) is 3.22. The van der Waals surface area contributed by atoms with E-state index in [2.05, 4.69) is 30.9 Å². The van der Waals surface area contributed by atoms with Gasteiger partial charge in [0.15, 0.2) is 0 Å². The zero-order chi connectivity index (χ0) is 13.9. The first-order chi connectivity index (χ1) is 9.03. The number of benzene rings is 1. The minimum absolute atomic E-state index is 0.0733. The molecule has 1 atom stereocenters. The van der Waals surface area contributed by atoms with Crippen molar-refractivity contribution in [2.45, 2.75) is 51.1 Å². The van der Waals surface area contributed by atoms with E-state index in [0.717, 1.165) is 25.1 Å². The third-order valence-corrected chi connectivity index (χ3v) is 4.23. The topological polar surface area (TPSA) is 49.5 Å². The third kappa shape index (κ3) is 3.48. The minimum atomic E-state index is 0.0733. The monoisotopic (exact) mass is 262 g/mol. The fourth-order valence-electron chi connectivity index (χ4n) is 3.22. The van der Waals surface area contributed by atoms with Crippen molar-refractivity contribution in [1.29, 1.82) is 0 Å². The lowest BCUT2D eigenvalue weighted by Gasteiger charge is -2.46. The average Bonchev–Trinajstić information content (AvgIpc) is 2.41. The molecule has 3 heteroatoms. The molecular formula is C16H26N2O. The van der Waals surface area contributed by atoms with Crippen LogP contribution in [-0.2, 0) is 6.42 Å². The van der Waals surface area contributed by atoms with Crippen molar-refractivity contribution in [2.24, 2.45) is 0 Å². The largest absolute Gasteiger partial charge is 0.399 e. The predicted molar refractivity (Wildman–Crippen MR) is 80.1 cm³/mol. The van der Waals surface area contributed by atoms with Gasteiger partial charge in [0, 0.05) is 17.3 Å². The van der Waals surface area contributed by atoms with Crippen LogP contribution < -0.4 is 5.73 Å². The Bertz CT molecular complexity index is 400. The molecule has 2 rings (SSSR count). The molecule has 1 fully saturated rings. The number of aliphatic hydroxyl groups is 1. The smallest absolute Gasteiger partial charge is 0.0587 e. The summed E-state index contributed by atoms with van der Waals surface area (Å²) in [6, 6.07) is 8.46. The zero-order valence-corrected chi connectivity index (χ0v) is 12.1. The van der Waals surface area contributed by atoms with Crippen molar-refractivity contribution in [1.82, 2.24) is 4.90 Å². The van der Waals surface area contributed by atoms with E-state index in [4.69, 9.17) is 5.73 Å². The lowest BCUT2D eigenvalue weighted by atomic mass is 9.88. The molecule has 3 nitrogen and oxygen atoms in total. The van der Waals surface area contributed by atoms with E-state index in [1.807, 2.05) is 12.1 Å². The molecule has 106 valence electrons. The van der Waals surface area contributed by atoms with Gasteiger partial charge in [-0.15, -0.1) is 0 Å². The van der Waals surface area contributed by atoms with Crippen molar-refractivity contribution in [3.8, 4) is 0 Å². The van der Waals surface area contributed by atoms with Crippen LogP contribution in [0.5, 0.6) is 0 Å². The molecule has 3 N–H and O–H groups in total. The molecule has 0 radical (unpaired) electrons. The molecule has 0 spiro atoms. The Balaban J connectivity index is 2.09. The molecule has 0 saturated carbocycles. The Morgan fingerprint density at radius 3 is 2.58 bits per heavy atom. The van der Waals surface area contributed by atoms with Crippen LogP contribution in [0.2, 0.25) is 0 Å². The molecule has 1 heterocycles. The molecule has 1 unspecified atom stereocenters. The fraction of sp³-hybridized carbons (Fsp3) is 0.625. The Kier molecular flexibility index (Phi) is 4.48. The van der Waals surface area contributed by atoms with Gasteiger partial charge in [-0.2, -0.15) is 0 Å². The summed E-state index contributed by atoms with van der Waals surface area (Å²) in [7, 11) is 0. The normalized spacial score (nSPS) is 21.5. The molecule has 1 aliphatic rings. The van der Waals surface area contributed by atoms with Crippen LogP contribution in [-0.4, -0.2) is 34.7 Å². The lowest BCUT2D eigenvalue weighted by Crippen LogP contribution is -2.54. The van der Waals surface area contributed by atoms with E-state index in [9.17, 15) is 5.11 Å². The number of anilines is 1. The summed E-state index contributed by atoms with van der Waals surface area (Å²) in [6.07, 6.45) is 4.58. The van der Waals surface area contributed by atoms with Crippen LogP contribution in [0.15, 0.2) is 24.3 Å². The Hall–Kier alpha value is -1.06. The summed E-state index contributed by atoms with van der Waals surface area (Å²) in [5.41, 5.74) is 7.93. The molecule has 0 amide bonds. The third-order valence-electron chi connectivity index (χ3n) is 4.23. The van der Waals surface area contributed by atoms with Crippen LogP contribution in [0.1, 0.15) is 38.7 Å². The highest BCUT2D eigenvalue weighted by molar-refractivity contribution is 5.39. The first-order valence-corrected chi connectivity index (χ1v) is 7.25. The number of rotatable bonds is 4. The molecule has 1 aromatic carbocycles. The van der Waals surface area contributed by atoms with Crippen LogP contribution in [0.25, 0.3) is 0 Å². The van der Waals surface area contributed by atoms with Gasteiger partial charge in [-0.25, -0.2) is 0 Å². The number of nitrogens with two attached hydrogens (primary N) is 1. The van der Waals surface area contributed by atoms with E-state index in [1.165, 1.54) is 18.4 Å². The maximum Gasteiger partial charge on any atom is 0.0587 e. The van der Waals surface area contributed by atoms with Gasteiger partial charge < -0.3 is 10.8 Å². The summed E-state index contributed by atoms with van der Waals surface area (Å²) < 4.78 is 0. The van der Waals surface area contributed by atoms with Gasteiger partial charge in [0.1, 0.15) is 0 Å². The zero-order valence-electron chi connectivity index (χ0n) is 12.1. The minimum Gasteiger partial charge on any atom is -0.399 e. The molecule has 0 aliphatic carbocycles. The Morgan fingerprint density at radius 2 is 1.95 bits per heavy atom. The highest BCUT2D eigenvalue weighted by atomic mass is 16.3. The number of aliphatic hydroxyl groups excluding tert-OH is 1. The summed E-state index contributed by atoms with van der Waals surface area (Å²) in [5, 5.41) is 9.57. The molecule has 0 bridgehead atoms. The lowest BCUT2D eigenvalue weighted by molar-refractivity contribution is 0.0112. The van der Waals surface area contributed by atoms with Crippen LogP contribution in [0.3, 0.4) is 0 Å². The standard InChI is InChI=1S/C16H26N2O/c1-16(2,11-13-6-8-14(17)9-7-13)18-10-4-3-5-15(18)12-19/h6-9,15,19H,3-5,10-12,17H2,1-2H3. The first-order valence-electron chi connectivity index (χ1n) is 7.25. The molecule has 1 aromatic rings. The number of piperidine rings is 1. The quantitative estimate of drug-likeness (QED) is 0.819.